The van der Waals surface area contributed by atoms with Crippen LogP contribution in [0.25, 0.3) is 0 Å². The van der Waals surface area contributed by atoms with Crippen LogP contribution in [0.4, 0.5) is 11.4 Å². The molecule has 0 atom stereocenters. The van der Waals surface area contributed by atoms with Gasteiger partial charge in [-0.3, -0.25) is 9.59 Å². The Morgan fingerprint density at radius 3 is 2.52 bits per heavy atom. The first-order valence-corrected chi connectivity index (χ1v) is 8.86. The molecule has 1 aromatic heterocycles. The number of rotatable bonds is 2. The highest BCUT2D eigenvalue weighted by atomic mass is 16.2. The molecule has 0 radical (unpaired) electrons. The minimum absolute atomic E-state index is 0.0818. The van der Waals surface area contributed by atoms with Crippen molar-refractivity contribution in [2.45, 2.75) is 34.6 Å². The molecule has 0 spiro atoms. The minimum Gasteiger partial charge on any atom is -0.324 e. The predicted molar refractivity (Wildman–Crippen MR) is 108 cm³/mol. The van der Waals surface area contributed by atoms with Gasteiger partial charge in [0.05, 0.1) is 17.1 Å². The number of allylic oxidation sites excluding steroid dienone is 2. The van der Waals surface area contributed by atoms with Crippen LogP contribution in [0, 0.1) is 19.3 Å². The summed E-state index contributed by atoms with van der Waals surface area (Å²) >= 11 is 0. The second-order valence-corrected chi connectivity index (χ2v) is 7.77. The number of anilines is 1. The standard InChI is InChI=1S/C22H23N3O2/c1-13-6-9-17(18(12-13)25-21(27)22(3,4)5)24-16-10-11-19(26)20-15(16)8-7-14(2)23-20/h6-12H,1-5H3,(H,25,27). The third-order valence-electron chi connectivity index (χ3n) is 4.26. The lowest BCUT2D eigenvalue weighted by Gasteiger charge is -2.19. The van der Waals surface area contributed by atoms with Crippen LogP contribution in [-0.4, -0.2) is 22.4 Å². The third-order valence-corrected chi connectivity index (χ3v) is 4.26. The van der Waals surface area contributed by atoms with E-state index in [2.05, 4.69) is 10.3 Å². The highest BCUT2D eigenvalue weighted by Crippen LogP contribution is 2.30. The number of amides is 1. The van der Waals surface area contributed by atoms with E-state index in [-0.39, 0.29) is 11.7 Å². The van der Waals surface area contributed by atoms with Gasteiger partial charge in [-0.25, -0.2) is 9.98 Å². The van der Waals surface area contributed by atoms with Crippen LogP contribution in [0.2, 0.25) is 0 Å². The maximum Gasteiger partial charge on any atom is 0.229 e. The van der Waals surface area contributed by atoms with Crippen molar-refractivity contribution < 1.29 is 9.59 Å². The summed E-state index contributed by atoms with van der Waals surface area (Å²) in [6.07, 6.45) is 3.17. The number of pyridine rings is 1. The number of benzene rings is 1. The molecule has 0 bridgehead atoms. The number of carbonyl (C=O) groups is 2. The van der Waals surface area contributed by atoms with Gasteiger partial charge in [0.15, 0.2) is 0 Å². The molecule has 1 heterocycles. The Kier molecular flexibility index (Phi) is 4.79. The van der Waals surface area contributed by atoms with Gasteiger partial charge in [-0.1, -0.05) is 26.8 Å². The predicted octanol–water partition coefficient (Wildman–Crippen LogP) is 4.56. The van der Waals surface area contributed by atoms with E-state index < -0.39 is 5.41 Å². The fraction of sp³-hybridized carbons (Fsp3) is 0.273. The number of nitrogens with zero attached hydrogens (tertiary/aromatic N) is 2. The Hall–Kier alpha value is -3.08. The van der Waals surface area contributed by atoms with Crippen molar-refractivity contribution in [3.63, 3.8) is 0 Å². The number of aromatic nitrogens is 1. The van der Waals surface area contributed by atoms with E-state index in [1.807, 2.05) is 65.0 Å². The molecule has 1 amide bonds. The number of carbonyl (C=O) groups excluding carboxylic acids is 2. The minimum atomic E-state index is -0.515. The largest absolute Gasteiger partial charge is 0.324 e. The van der Waals surface area contributed by atoms with E-state index in [0.717, 1.165) is 11.3 Å². The zero-order chi connectivity index (χ0) is 19.8. The summed E-state index contributed by atoms with van der Waals surface area (Å²) in [5.41, 5.74) is 4.32. The number of aryl methyl sites for hydroxylation is 2. The number of hydrogen-bond donors (Lipinski definition) is 1. The van der Waals surface area contributed by atoms with E-state index >= 15 is 0 Å². The Labute approximate surface area is 159 Å². The first kappa shape index (κ1) is 18.7. The molecule has 27 heavy (non-hydrogen) atoms. The van der Waals surface area contributed by atoms with Crippen LogP contribution in [0.5, 0.6) is 0 Å². The summed E-state index contributed by atoms with van der Waals surface area (Å²) < 4.78 is 0. The average Bonchev–Trinajstić information content (AvgIpc) is 2.59. The quantitative estimate of drug-likeness (QED) is 0.852. The summed E-state index contributed by atoms with van der Waals surface area (Å²) in [7, 11) is 0. The van der Waals surface area contributed by atoms with Gasteiger partial charge in [0.1, 0.15) is 5.69 Å². The molecule has 2 aromatic rings. The van der Waals surface area contributed by atoms with Crippen LogP contribution in [-0.2, 0) is 4.79 Å². The van der Waals surface area contributed by atoms with Crippen molar-refractivity contribution in [2.24, 2.45) is 10.4 Å². The number of hydrogen-bond acceptors (Lipinski definition) is 4. The Morgan fingerprint density at radius 1 is 1.07 bits per heavy atom. The Balaban J connectivity index is 2.07. The SMILES string of the molecule is Cc1ccc(N=C2C=CC(=O)c3nc(C)ccc32)c(NC(=O)C(C)(C)C)c1. The molecule has 0 saturated heterocycles. The summed E-state index contributed by atoms with van der Waals surface area (Å²) in [4.78, 5) is 33.7. The lowest BCUT2D eigenvalue weighted by molar-refractivity contribution is -0.123. The molecule has 0 unspecified atom stereocenters. The van der Waals surface area contributed by atoms with E-state index in [4.69, 9.17) is 4.99 Å². The Morgan fingerprint density at radius 2 is 1.81 bits per heavy atom. The maximum atomic E-state index is 12.4. The van der Waals surface area contributed by atoms with Gasteiger partial charge in [-0.15, -0.1) is 0 Å². The van der Waals surface area contributed by atoms with Gasteiger partial charge in [-0.2, -0.15) is 0 Å². The van der Waals surface area contributed by atoms with Crippen LogP contribution < -0.4 is 5.32 Å². The molecule has 5 heteroatoms. The molecule has 0 fully saturated rings. The van der Waals surface area contributed by atoms with Gasteiger partial charge in [0.2, 0.25) is 11.7 Å². The van der Waals surface area contributed by atoms with Gasteiger partial charge in [0.25, 0.3) is 0 Å². The van der Waals surface area contributed by atoms with Crippen molar-refractivity contribution in [1.82, 2.24) is 4.98 Å². The van der Waals surface area contributed by atoms with Crippen molar-refractivity contribution in [3.05, 3.63) is 65.0 Å². The van der Waals surface area contributed by atoms with Crippen LogP contribution in [0.15, 0.2) is 47.5 Å². The molecule has 1 aliphatic rings. The highest BCUT2D eigenvalue weighted by molar-refractivity contribution is 6.23. The van der Waals surface area contributed by atoms with E-state index in [1.54, 1.807) is 6.08 Å². The number of ketones is 1. The second-order valence-electron chi connectivity index (χ2n) is 7.77. The number of aliphatic imine (C=N–C) groups is 1. The molecule has 5 nitrogen and oxygen atoms in total. The van der Waals surface area contributed by atoms with E-state index in [1.165, 1.54) is 6.08 Å². The Bertz CT molecular complexity index is 995. The summed E-state index contributed by atoms with van der Waals surface area (Å²) in [5.74, 6) is -0.209. The second kappa shape index (κ2) is 6.91. The third kappa shape index (κ3) is 4.03. The molecule has 1 aliphatic carbocycles. The lowest BCUT2D eigenvalue weighted by atomic mass is 9.95. The molecule has 0 saturated carbocycles. The maximum absolute atomic E-state index is 12.4. The molecule has 138 valence electrons. The molecule has 1 aromatic carbocycles. The molecular weight excluding hydrogens is 338 g/mol. The van der Waals surface area contributed by atoms with Crippen molar-refractivity contribution in [2.75, 3.05) is 5.32 Å². The summed E-state index contributed by atoms with van der Waals surface area (Å²) in [6, 6.07) is 9.43. The van der Waals surface area contributed by atoms with Gasteiger partial charge in [0, 0.05) is 16.7 Å². The van der Waals surface area contributed by atoms with Gasteiger partial charge in [-0.05, 0) is 55.8 Å². The molecule has 0 aliphatic heterocycles. The molecule has 1 N–H and O–H groups in total. The molecule has 3 rings (SSSR count). The monoisotopic (exact) mass is 361 g/mol. The lowest BCUT2D eigenvalue weighted by Crippen LogP contribution is -2.27. The highest BCUT2D eigenvalue weighted by Gasteiger charge is 2.23. The molecular formula is C22H23N3O2. The van der Waals surface area contributed by atoms with E-state index in [9.17, 15) is 9.59 Å². The number of nitrogens with one attached hydrogen (secondary N) is 1. The average molecular weight is 361 g/mol. The van der Waals surface area contributed by atoms with E-state index in [0.29, 0.717) is 28.3 Å². The van der Waals surface area contributed by atoms with Crippen molar-refractivity contribution in [3.8, 4) is 0 Å². The van der Waals surface area contributed by atoms with Crippen LogP contribution >= 0.6 is 0 Å². The fourth-order valence-corrected chi connectivity index (χ4v) is 2.66. The fourth-order valence-electron chi connectivity index (χ4n) is 2.66. The first-order valence-electron chi connectivity index (χ1n) is 8.86. The first-order chi connectivity index (χ1) is 12.6. The number of fused-ring (bicyclic) bond motifs is 1. The van der Waals surface area contributed by atoms with Crippen LogP contribution in [0.1, 0.15) is 48.1 Å². The smallest absolute Gasteiger partial charge is 0.229 e. The summed E-state index contributed by atoms with van der Waals surface area (Å²) in [6.45, 7) is 9.41. The zero-order valence-corrected chi connectivity index (χ0v) is 16.3. The van der Waals surface area contributed by atoms with Crippen LogP contribution in [0.3, 0.4) is 0 Å². The summed E-state index contributed by atoms with van der Waals surface area (Å²) in [5, 5.41) is 2.97. The van der Waals surface area contributed by atoms with Crippen molar-refractivity contribution >= 4 is 28.8 Å². The van der Waals surface area contributed by atoms with Gasteiger partial charge >= 0.3 is 0 Å². The van der Waals surface area contributed by atoms with Gasteiger partial charge < -0.3 is 5.32 Å². The topological polar surface area (TPSA) is 71.4 Å². The normalized spacial score (nSPS) is 15.0. The zero-order valence-electron chi connectivity index (χ0n) is 16.3. The van der Waals surface area contributed by atoms with Crippen molar-refractivity contribution in [1.29, 1.82) is 0 Å².